The van der Waals surface area contributed by atoms with Gasteiger partial charge in [0, 0.05) is 21.9 Å². The maximum absolute atomic E-state index is 8.27. The Hall–Kier alpha value is -1.74. The van der Waals surface area contributed by atoms with Crippen molar-refractivity contribution in [3.8, 4) is 0 Å². The molecule has 116 valence electrons. The molecule has 2 aromatic carbocycles. The number of hydrogen-bond acceptors (Lipinski definition) is 3. The van der Waals surface area contributed by atoms with Gasteiger partial charge in [-0.15, -0.1) is 11.8 Å². The van der Waals surface area contributed by atoms with Gasteiger partial charge in [0.15, 0.2) is 0 Å². The molecule has 22 heavy (non-hydrogen) atoms. The first-order valence-electron chi connectivity index (χ1n) is 7.76. The van der Waals surface area contributed by atoms with Crippen LogP contribution >= 0.6 is 11.8 Å². The fourth-order valence-electron chi connectivity index (χ4n) is 2.36. The Morgan fingerprint density at radius 2 is 1.91 bits per heavy atom. The van der Waals surface area contributed by atoms with E-state index in [4.69, 9.17) is 11.1 Å². The van der Waals surface area contributed by atoms with Crippen LogP contribution in [0.3, 0.4) is 0 Å². The number of nitrogens with one attached hydrogen (secondary N) is 1. The summed E-state index contributed by atoms with van der Waals surface area (Å²) < 4.78 is 0. The van der Waals surface area contributed by atoms with Gasteiger partial charge in [0.2, 0.25) is 0 Å². The van der Waals surface area contributed by atoms with Crippen molar-refractivity contribution in [2.45, 2.75) is 43.8 Å². The molecule has 0 fully saturated rings. The van der Waals surface area contributed by atoms with E-state index in [9.17, 15) is 0 Å². The average molecular weight is 312 g/mol. The van der Waals surface area contributed by atoms with Gasteiger partial charge in [-0.3, -0.25) is 0 Å². The van der Waals surface area contributed by atoms with Gasteiger partial charge in [-0.25, -0.2) is 0 Å². The number of nitrogens with two attached hydrogens (primary N) is 1. The third-order valence-electron chi connectivity index (χ3n) is 3.63. The van der Waals surface area contributed by atoms with Crippen LogP contribution in [0.4, 0.5) is 5.69 Å². The summed E-state index contributed by atoms with van der Waals surface area (Å²) in [5.74, 6) is 0.899. The zero-order valence-electron chi connectivity index (χ0n) is 13.4. The summed E-state index contributed by atoms with van der Waals surface area (Å²) in [5, 5.41) is 8.27. The van der Waals surface area contributed by atoms with Crippen molar-refractivity contribution in [3.63, 3.8) is 0 Å². The molecule has 0 amide bonds. The van der Waals surface area contributed by atoms with Crippen molar-refractivity contribution in [3.05, 3.63) is 59.2 Å². The van der Waals surface area contributed by atoms with Crippen LogP contribution in [0.1, 0.15) is 42.9 Å². The predicted octanol–water partition coefficient (Wildman–Crippen LogP) is 5.43. The van der Waals surface area contributed by atoms with Gasteiger partial charge in [-0.05, 0) is 43.0 Å². The maximum Gasteiger partial charge on any atom is 0.0544 e. The van der Waals surface area contributed by atoms with Gasteiger partial charge in [-0.1, -0.05) is 43.7 Å². The lowest BCUT2D eigenvalue weighted by atomic mass is 10.0. The van der Waals surface area contributed by atoms with Crippen LogP contribution in [0, 0.1) is 12.3 Å². The van der Waals surface area contributed by atoms with E-state index in [2.05, 4.69) is 44.2 Å². The first-order chi connectivity index (χ1) is 10.6. The van der Waals surface area contributed by atoms with Crippen molar-refractivity contribution >= 4 is 23.2 Å². The summed E-state index contributed by atoms with van der Waals surface area (Å²) >= 11 is 1.75. The molecule has 0 spiro atoms. The Bertz CT molecular complexity index is 635. The quantitative estimate of drug-likeness (QED) is 0.407. The monoisotopic (exact) mass is 312 g/mol. The lowest BCUT2D eigenvalue weighted by molar-refractivity contribution is 0.833. The van der Waals surface area contributed by atoms with E-state index in [1.807, 2.05) is 12.1 Å². The Labute approximate surface area is 137 Å². The highest BCUT2D eigenvalue weighted by molar-refractivity contribution is 7.98. The topological polar surface area (TPSA) is 49.9 Å². The third-order valence-corrected chi connectivity index (χ3v) is 4.76. The Morgan fingerprint density at radius 3 is 2.59 bits per heavy atom. The Kier molecular flexibility index (Phi) is 6.08. The smallest absolute Gasteiger partial charge is 0.0544 e. The molecule has 3 N–H and O–H groups in total. The molecule has 0 unspecified atom stereocenters. The first-order valence-corrected chi connectivity index (χ1v) is 8.75. The molecular weight excluding hydrogens is 288 g/mol. The zero-order valence-corrected chi connectivity index (χ0v) is 14.2. The summed E-state index contributed by atoms with van der Waals surface area (Å²) in [6.07, 6.45) is 2.94. The average Bonchev–Trinajstić information content (AvgIpc) is 2.54. The predicted molar refractivity (Wildman–Crippen MR) is 97.9 cm³/mol. The van der Waals surface area contributed by atoms with E-state index in [0.29, 0.717) is 5.71 Å². The molecule has 2 aromatic rings. The molecule has 0 saturated carbocycles. The summed E-state index contributed by atoms with van der Waals surface area (Å²) in [5.41, 5.74) is 11.1. The van der Waals surface area contributed by atoms with Gasteiger partial charge in [-0.2, -0.15) is 0 Å². The number of rotatable bonds is 7. The minimum Gasteiger partial charge on any atom is -0.397 e. The lowest BCUT2D eigenvalue weighted by Crippen LogP contribution is -2.06. The molecule has 0 atom stereocenters. The van der Waals surface area contributed by atoms with Crippen LogP contribution in [-0.4, -0.2) is 5.71 Å². The number of anilines is 1. The van der Waals surface area contributed by atoms with Gasteiger partial charge >= 0.3 is 0 Å². The summed E-state index contributed by atoms with van der Waals surface area (Å²) in [6, 6.07) is 14.6. The minimum absolute atomic E-state index is 0.657. The fraction of sp³-hybridized carbons (Fsp3) is 0.316. The van der Waals surface area contributed by atoms with Crippen LogP contribution in [0.2, 0.25) is 0 Å². The van der Waals surface area contributed by atoms with E-state index in [0.717, 1.165) is 41.2 Å². The summed E-state index contributed by atoms with van der Waals surface area (Å²) in [4.78, 5) is 1.08. The highest BCUT2D eigenvalue weighted by Crippen LogP contribution is 2.32. The summed E-state index contributed by atoms with van der Waals surface area (Å²) in [6.45, 7) is 4.22. The van der Waals surface area contributed by atoms with Crippen molar-refractivity contribution in [2.75, 3.05) is 5.73 Å². The Balaban J connectivity index is 2.17. The van der Waals surface area contributed by atoms with Crippen molar-refractivity contribution in [1.82, 2.24) is 0 Å². The molecule has 0 bridgehead atoms. The second kappa shape index (κ2) is 8.04. The molecule has 3 heteroatoms. The maximum atomic E-state index is 8.27. The third kappa shape index (κ3) is 4.38. The van der Waals surface area contributed by atoms with E-state index >= 15 is 0 Å². The highest BCUT2D eigenvalue weighted by atomic mass is 32.2. The number of unbranched alkanes of at least 4 members (excludes halogenated alkanes) is 1. The molecule has 0 heterocycles. The van der Waals surface area contributed by atoms with Gasteiger partial charge in [0.05, 0.1) is 5.69 Å². The molecule has 0 aliphatic heterocycles. The minimum atomic E-state index is 0.657. The van der Waals surface area contributed by atoms with E-state index in [-0.39, 0.29) is 0 Å². The molecular formula is C19H24N2S. The molecule has 2 nitrogen and oxygen atoms in total. The van der Waals surface area contributed by atoms with Crippen LogP contribution in [0.25, 0.3) is 0 Å². The molecule has 0 aromatic heterocycles. The number of hydrogen-bond donors (Lipinski definition) is 2. The van der Waals surface area contributed by atoms with E-state index < -0.39 is 0 Å². The molecule has 0 saturated heterocycles. The molecule has 0 aliphatic carbocycles. The molecule has 0 radical (unpaired) electrons. The van der Waals surface area contributed by atoms with Gasteiger partial charge < -0.3 is 11.1 Å². The van der Waals surface area contributed by atoms with Crippen LogP contribution in [0.15, 0.2) is 47.4 Å². The number of nitrogen functional groups attached to an aromatic ring is 1. The molecule has 0 aliphatic rings. The van der Waals surface area contributed by atoms with Crippen LogP contribution in [-0.2, 0) is 5.75 Å². The summed E-state index contributed by atoms with van der Waals surface area (Å²) in [7, 11) is 0. The van der Waals surface area contributed by atoms with Crippen molar-refractivity contribution in [1.29, 1.82) is 5.41 Å². The van der Waals surface area contributed by atoms with Crippen LogP contribution in [0.5, 0.6) is 0 Å². The highest BCUT2D eigenvalue weighted by Gasteiger charge is 2.11. The lowest BCUT2D eigenvalue weighted by Gasteiger charge is -2.13. The fourth-order valence-corrected chi connectivity index (χ4v) is 3.41. The number of benzene rings is 2. The SMILES string of the molecule is CCCCC(=N)c1cc(C)cc(SCc2ccccc2)c1N. The van der Waals surface area contributed by atoms with Gasteiger partial charge in [0.25, 0.3) is 0 Å². The zero-order chi connectivity index (χ0) is 15.9. The largest absolute Gasteiger partial charge is 0.397 e. The van der Waals surface area contributed by atoms with Gasteiger partial charge in [0.1, 0.15) is 0 Å². The van der Waals surface area contributed by atoms with E-state index in [1.165, 1.54) is 11.1 Å². The number of thioether (sulfide) groups is 1. The normalized spacial score (nSPS) is 10.6. The van der Waals surface area contributed by atoms with Crippen molar-refractivity contribution in [2.24, 2.45) is 0 Å². The first kappa shape index (κ1) is 16.6. The number of aryl methyl sites for hydroxylation is 1. The van der Waals surface area contributed by atoms with E-state index in [1.54, 1.807) is 11.8 Å². The molecule has 2 rings (SSSR count). The van der Waals surface area contributed by atoms with Crippen LogP contribution < -0.4 is 5.73 Å². The second-order valence-corrected chi connectivity index (χ2v) is 6.60. The Morgan fingerprint density at radius 1 is 1.18 bits per heavy atom. The van der Waals surface area contributed by atoms with Crippen molar-refractivity contribution < 1.29 is 0 Å². The standard InChI is InChI=1S/C19H24N2S/c1-3-4-10-17(20)16-11-14(2)12-18(19(16)21)22-13-15-8-6-5-7-9-15/h5-9,11-12,20H,3-4,10,13,21H2,1-2H3. The second-order valence-electron chi connectivity index (χ2n) is 5.58.